The molecule has 0 saturated heterocycles. The summed E-state index contributed by atoms with van der Waals surface area (Å²) in [6, 6.07) is 3.70. The topological polar surface area (TPSA) is 111 Å². The molecule has 0 aliphatic rings. The molecule has 1 amide bonds. The van der Waals surface area contributed by atoms with Crippen LogP contribution >= 0.6 is 11.6 Å². The van der Waals surface area contributed by atoms with E-state index in [-0.39, 0.29) is 35.1 Å². The van der Waals surface area contributed by atoms with Crippen molar-refractivity contribution in [1.82, 2.24) is 10.3 Å². The minimum absolute atomic E-state index is 0.0552. The summed E-state index contributed by atoms with van der Waals surface area (Å²) in [5.41, 5.74) is 0.466. The van der Waals surface area contributed by atoms with Crippen molar-refractivity contribution >= 4 is 33.3 Å². The van der Waals surface area contributed by atoms with Gasteiger partial charge in [0, 0.05) is 5.69 Å². The smallest absolute Gasteiger partial charge is 0.279 e. The van der Waals surface area contributed by atoms with Crippen LogP contribution in [-0.4, -0.2) is 37.5 Å². The van der Waals surface area contributed by atoms with Crippen molar-refractivity contribution in [2.75, 3.05) is 18.2 Å². The number of nitrogens with zero attached hydrogens (tertiary/aromatic N) is 2. The molecule has 0 radical (unpaired) electrons. The normalized spacial score (nSPS) is 11.5. The summed E-state index contributed by atoms with van der Waals surface area (Å²) in [5, 5.41) is 9.47. The van der Waals surface area contributed by atoms with E-state index in [0.29, 0.717) is 6.42 Å². The Balaban J connectivity index is 1.98. The van der Waals surface area contributed by atoms with E-state index in [4.69, 9.17) is 11.6 Å². The summed E-state index contributed by atoms with van der Waals surface area (Å²) in [5.74, 6) is -1.22. The molecule has 0 spiro atoms. The van der Waals surface area contributed by atoms with Gasteiger partial charge in [-0.3, -0.25) is 8.98 Å². The first-order valence-corrected chi connectivity index (χ1v) is 8.88. The number of hydrogen-bond acceptors (Lipinski definition) is 7. The maximum absolute atomic E-state index is 13.1. The van der Waals surface area contributed by atoms with Crippen molar-refractivity contribution in [1.29, 1.82) is 0 Å². The Bertz CT molecular complexity index is 840. The number of carbonyl (C=O) groups is 1. The molecule has 1 N–H and O–H groups in total. The first-order chi connectivity index (χ1) is 11.3. The van der Waals surface area contributed by atoms with Crippen molar-refractivity contribution in [3.05, 3.63) is 40.4 Å². The fourth-order valence-corrected chi connectivity index (χ4v) is 2.36. The predicted octanol–water partition coefficient (Wildman–Crippen LogP) is 2.02. The number of aromatic nitrogens is 2. The van der Waals surface area contributed by atoms with Crippen molar-refractivity contribution in [2.45, 2.75) is 12.8 Å². The highest BCUT2D eigenvalue weighted by molar-refractivity contribution is 7.85. The number of carbonyl (C=O) groups excluding carboxylic acids is 1. The lowest BCUT2D eigenvalue weighted by Crippen LogP contribution is -2.15. The zero-order valence-corrected chi connectivity index (χ0v) is 14.0. The van der Waals surface area contributed by atoms with Crippen LogP contribution in [0.15, 0.2) is 22.8 Å². The van der Waals surface area contributed by atoms with Gasteiger partial charge in [-0.2, -0.15) is 8.42 Å². The van der Waals surface area contributed by atoms with Gasteiger partial charge < -0.3 is 5.32 Å². The quantitative estimate of drug-likeness (QED) is 0.580. The van der Waals surface area contributed by atoms with Crippen molar-refractivity contribution < 1.29 is 26.4 Å². The monoisotopic (exact) mass is 377 g/mol. The van der Waals surface area contributed by atoms with Crippen molar-refractivity contribution in [3.63, 3.8) is 0 Å². The van der Waals surface area contributed by atoms with Crippen molar-refractivity contribution in [3.8, 4) is 0 Å². The summed E-state index contributed by atoms with van der Waals surface area (Å²) in [7, 11) is -3.52. The third kappa shape index (κ3) is 5.25. The number of hydrogen-bond donors (Lipinski definition) is 1. The first-order valence-electron chi connectivity index (χ1n) is 6.68. The number of nitrogens with one attached hydrogen (secondary N) is 1. The molecule has 0 aliphatic heterocycles. The molecule has 0 bridgehead atoms. The predicted molar refractivity (Wildman–Crippen MR) is 82.8 cm³/mol. The van der Waals surface area contributed by atoms with Crippen molar-refractivity contribution in [2.24, 2.45) is 0 Å². The first kappa shape index (κ1) is 18.3. The summed E-state index contributed by atoms with van der Waals surface area (Å²) >= 11 is 5.64. The summed E-state index contributed by atoms with van der Waals surface area (Å²) < 4.78 is 43.9. The zero-order valence-electron chi connectivity index (χ0n) is 12.5. The molecule has 11 heteroatoms. The van der Waals surface area contributed by atoms with E-state index < -0.39 is 21.8 Å². The minimum atomic E-state index is -3.52. The molecule has 8 nitrogen and oxygen atoms in total. The van der Waals surface area contributed by atoms with E-state index in [1.165, 1.54) is 12.1 Å². The van der Waals surface area contributed by atoms with E-state index >= 15 is 0 Å². The van der Waals surface area contributed by atoms with Gasteiger partial charge in [-0.1, -0.05) is 16.8 Å². The Morgan fingerprint density at radius 1 is 1.42 bits per heavy atom. The van der Waals surface area contributed by atoms with Gasteiger partial charge in [0.15, 0.2) is 5.69 Å². The highest BCUT2D eigenvalue weighted by Gasteiger charge is 2.18. The van der Waals surface area contributed by atoms with Crippen LogP contribution in [0.5, 0.6) is 0 Å². The number of amides is 1. The lowest BCUT2D eigenvalue weighted by Gasteiger charge is -2.05. The zero-order chi connectivity index (χ0) is 17.7. The van der Waals surface area contributed by atoms with Gasteiger partial charge in [0.05, 0.1) is 17.9 Å². The average Bonchev–Trinajstić information content (AvgIpc) is 2.95. The van der Waals surface area contributed by atoms with E-state index in [2.05, 4.69) is 24.4 Å². The van der Waals surface area contributed by atoms with Crippen LogP contribution < -0.4 is 5.32 Å². The van der Waals surface area contributed by atoms with E-state index in [9.17, 15) is 17.6 Å². The summed E-state index contributed by atoms with van der Waals surface area (Å²) in [4.78, 5) is 12.1. The lowest BCUT2D eigenvalue weighted by molar-refractivity contribution is 0.101. The second kappa shape index (κ2) is 7.69. The Morgan fingerprint density at radius 3 is 2.83 bits per heavy atom. The molecular formula is C13H13ClFN3O5S. The largest absolute Gasteiger partial charge is 0.320 e. The van der Waals surface area contributed by atoms with Gasteiger partial charge in [-0.25, -0.2) is 9.02 Å². The maximum atomic E-state index is 13.1. The second-order valence-electron chi connectivity index (χ2n) is 4.77. The molecule has 2 rings (SSSR count). The van der Waals surface area contributed by atoms with Gasteiger partial charge in [0.2, 0.25) is 0 Å². The minimum Gasteiger partial charge on any atom is -0.320 e. The lowest BCUT2D eigenvalue weighted by atomic mass is 10.2. The van der Waals surface area contributed by atoms with Crippen LogP contribution in [0.3, 0.4) is 0 Å². The van der Waals surface area contributed by atoms with Gasteiger partial charge in [0.25, 0.3) is 16.0 Å². The second-order valence-corrected chi connectivity index (χ2v) is 6.82. The molecule has 0 saturated carbocycles. The molecule has 0 unspecified atom stereocenters. The average molecular weight is 378 g/mol. The maximum Gasteiger partial charge on any atom is 0.279 e. The van der Waals surface area contributed by atoms with E-state index in [1.807, 2.05) is 0 Å². The summed E-state index contributed by atoms with van der Waals surface area (Å²) in [6.45, 7) is -0.0552. The Hall–Kier alpha value is -2.04. The molecule has 1 aromatic carbocycles. The summed E-state index contributed by atoms with van der Waals surface area (Å²) in [6.07, 6.45) is 1.47. The highest BCUT2D eigenvalue weighted by atomic mass is 35.5. The Labute approximate surface area is 142 Å². The van der Waals surface area contributed by atoms with Gasteiger partial charge in [-0.15, -0.1) is 0 Å². The standard InChI is InChI=1S/C13H13ClFN3O5S/c1-24(20,21)22-6-2-3-11-12(18-23-17-11)13(19)16-8-4-5-10(15)9(14)7-8/h4-5,7H,2-3,6H2,1H3,(H,16,19). The number of benzene rings is 1. The fraction of sp³-hybridized carbons (Fsp3) is 0.308. The molecule has 130 valence electrons. The van der Waals surface area contributed by atoms with Crippen LogP contribution in [0, 0.1) is 5.82 Å². The van der Waals surface area contributed by atoms with Crippen LogP contribution in [0.2, 0.25) is 5.02 Å². The Morgan fingerprint density at radius 2 is 2.17 bits per heavy atom. The number of anilines is 1. The highest BCUT2D eigenvalue weighted by Crippen LogP contribution is 2.20. The molecule has 1 aromatic heterocycles. The van der Waals surface area contributed by atoms with E-state index in [1.54, 1.807) is 0 Å². The van der Waals surface area contributed by atoms with Gasteiger partial charge in [0.1, 0.15) is 11.5 Å². The fourth-order valence-electron chi connectivity index (χ4n) is 1.76. The SMILES string of the molecule is CS(=O)(=O)OCCCc1nonc1C(=O)Nc1ccc(F)c(Cl)c1. The molecule has 24 heavy (non-hydrogen) atoms. The van der Waals surface area contributed by atoms with E-state index in [0.717, 1.165) is 12.3 Å². The molecule has 2 aromatic rings. The van der Waals surface area contributed by atoms with Crippen LogP contribution in [-0.2, 0) is 20.7 Å². The number of aryl methyl sites for hydroxylation is 1. The third-order valence-electron chi connectivity index (χ3n) is 2.80. The number of rotatable bonds is 7. The number of halogens is 2. The van der Waals surface area contributed by atoms with Crippen LogP contribution in [0.1, 0.15) is 22.6 Å². The van der Waals surface area contributed by atoms with Crippen LogP contribution in [0.25, 0.3) is 0 Å². The molecule has 0 atom stereocenters. The van der Waals surface area contributed by atoms with Gasteiger partial charge in [-0.05, 0) is 36.2 Å². The van der Waals surface area contributed by atoms with Gasteiger partial charge >= 0.3 is 0 Å². The third-order valence-corrected chi connectivity index (χ3v) is 3.69. The Kier molecular flexibility index (Phi) is 5.86. The molecule has 0 fully saturated rings. The molecular weight excluding hydrogens is 365 g/mol. The molecule has 1 heterocycles. The molecule has 0 aliphatic carbocycles. The van der Waals surface area contributed by atoms with Crippen LogP contribution in [0.4, 0.5) is 10.1 Å².